The van der Waals surface area contributed by atoms with Gasteiger partial charge in [0.05, 0.1) is 26.3 Å². The van der Waals surface area contributed by atoms with Gasteiger partial charge in [0, 0.05) is 5.57 Å². The van der Waals surface area contributed by atoms with Gasteiger partial charge in [-0.3, -0.25) is 9.59 Å². The van der Waals surface area contributed by atoms with Crippen LogP contribution in [0.5, 0.6) is 11.5 Å². The number of rotatable bonds is 4. The molecule has 5 heteroatoms. The van der Waals surface area contributed by atoms with E-state index in [0.29, 0.717) is 22.8 Å². The average Bonchev–Trinajstić information content (AvgIpc) is 2.89. The topological polar surface area (TPSA) is 55.8 Å². The third kappa shape index (κ3) is 2.88. The number of carbonyl (C=O) groups is 2. The smallest absolute Gasteiger partial charge is 0.261 e. The van der Waals surface area contributed by atoms with Crippen molar-refractivity contribution in [2.24, 2.45) is 0 Å². The molecule has 0 aliphatic carbocycles. The van der Waals surface area contributed by atoms with Gasteiger partial charge in [0.15, 0.2) is 11.5 Å². The van der Waals surface area contributed by atoms with Crippen LogP contribution in [-0.2, 0) is 9.59 Å². The van der Waals surface area contributed by atoms with Crippen molar-refractivity contribution in [2.45, 2.75) is 6.42 Å². The number of hydrogen-bond donors (Lipinski definition) is 0. The number of hydrogen-bond acceptors (Lipinski definition) is 4. The summed E-state index contributed by atoms with van der Waals surface area (Å²) in [5.74, 6) is 0.668. The number of nitrogens with zero attached hydrogens (tertiary/aromatic N) is 1. The first kappa shape index (κ1) is 15.8. The van der Waals surface area contributed by atoms with Crippen molar-refractivity contribution in [1.82, 2.24) is 0 Å². The Hall–Kier alpha value is -3.08. The molecular formula is C19H17NO4. The molecule has 2 aromatic rings. The summed E-state index contributed by atoms with van der Waals surface area (Å²) in [6.07, 6.45) is 1.80. The summed E-state index contributed by atoms with van der Waals surface area (Å²) >= 11 is 0. The predicted molar refractivity (Wildman–Crippen MR) is 91.1 cm³/mol. The van der Waals surface area contributed by atoms with E-state index in [9.17, 15) is 9.59 Å². The second-order valence-corrected chi connectivity index (χ2v) is 5.33. The maximum atomic E-state index is 12.6. The fourth-order valence-electron chi connectivity index (χ4n) is 2.67. The molecule has 3 rings (SSSR count). The molecule has 1 fully saturated rings. The summed E-state index contributed by atoms with van der Waals surface area (Å²) in [6.45, 7) is 0. The van der Waals surface area contributed by atoms with Gasteiger partial charge in [-0.05, 0) is 35.9 Å². The number of amides is 2. The quantitative estimate of drug-likeness (QED) is 0.641. The van der Waals surface area contributed by atoms with Gasteiger partial charge in [-0.1, -0.05) is 24.3 Å². The lowest BCUT2D eigenvalue weighted by Gasteiger charge is -2.12. The lowest BCUT2D eigenvalue weighted by atomic mass is 10.1. The van der Waals surface area contributed by atoms with E-state index in [4.69, 9.17) is 9.47 Å². The van der Waals surface area contributed by atoms with Gasteiger partial charge in [0.25, 0.3) is 5.91 Å². The molecule has 5 nitrogen and oxygen atoms in total. The van der Waals surface area contributed by atoms with Crippen molar-refractivity contribution >= 4 is 23.6 Å². The molecule has 1 aliphatic heterocycles. The predicted octanol–water partition coefficient (Wildman–Crippen LogP) is 3.05. The summed E-state index contributed by atoms with van der Waals surface area (Å²) in [7, 11) is 3.11. The molecule has 122 valence electrons. The molecule has 2 aromatic carbocycles. The van der Waals surface area contributed by atoms with Crippen molar-refractivity contribution in [3.8, 4) is 11.5 Å². The highest BCUT2D eigenvalue weighted by Gasteiger charge is 2.34. The van der Waals surface area contributed by atoms with E-state index in [0.717, 1.165) is 5.56 Å². The number of ether oxygens (including phenoxy) is 2. The minimum atomic E-state index is -0.291. The van der Waals surface area contributed by atoms with Crippen molar-refractivity contribution < 1.29 is 19.1 Å². The third-order valence-corrected chi connectivity index (χ3v) is 3.83. The van der Waals surface area contributed by atoms with Gasteiger partial charge >= 0.3 is 0 Å². The Morgan fingerprint density at radius 3 is 2.33 bits per heavy atom. The normalized spacial score (nSPS) is 15.9. The zero-order chi connectivity index (χ0) is 17.1. The number of benzene rings is 2. The van der Waals surface area contributed by atoms with E-state index in [1.165, 1.54) is 4.90 Å². The number of para-hydroxylation sites is 1. The van der Waals surface area contributed by atoms with E-state index in [2.05, 4.69) is 0 Å². The van der Waals surface area contributed by atoms with Crippen molar-refractivity contribution in [1.29, 1.82) is 0 Å². The van der Waals surface area contributed by atoms with E-state index in [-0.39, 0.29) is 18.2 Å². The molecule has 1 aliphatic rings. The van der Waals surface area contributed by atoms with Crippen molar-refractivity contribution in [3.05, 3.63) is 59.7 Å². The molecule has 0 saturated carbocycles. The molecule has 0 unspecified atom stereocenters. The van der Waals surface area contributed by atoms with Gasteiger partial charge < -0.3 is 9.47 Å². The maximum Gasteiger partial charge on any atom is 0.261 e. The van der Waals surface area contributed by atoms with Gasteiger partial charge in [0.1, 0.15) is 0 Å². The highest BCUT2D eigenvalue weighted by molar-refractivity contribution is 6.29. The van der Waals surface area contributed by atoms with Gasteiger partial charge in [-0.15, -0.1) is 0 Å². The number of carbonyl (C=O) groups excluding carboxylic acids is 2. The Bertz CT molecular complexity index is 811. The van der Waals surface area contributed by atoms with E-state index < -0.39 is 0 Å². The largest absolute Gasteiger partial charge is 0.493 e. The lowest BCUT2D eigenvalue weighted by molar-refractivity contribution is -0.120. The first-order chi connectivity index (χ1) is 11.6. The van der Waals surface area contributed by atoms with Crippen LogP contribution in [0.1, 0.15) is 12.0 Å². The molecule has 24 heavy (non-hydrogen) atoms. The Kier molecular flexibility index (Phi) is 4.33. The fraction of sp³-hybridized carbons (Fsp3) is 0.158. The van der Waals surface area contributed by atoms with E-state index >= 15 is 0 Å². The molecule has 0 bridgehead atoms. The molecule has 0 N–H and O–H groups in total. The molecule has 0 radical (unpaired) electrons. The van der Waals surface area contributed by atoms with Crippen LogP contribution in [0.25, 0.3) is 6.08 Å². The molecule has 1 saturated heterocycles. The molecule has 0 atom stereocenters. The van der Waals surface area contributed by atoms with Crippen LogP contribution < -0.4 is 14.4 Å². The number of imide groups is 1. The molecule has 0 spiro atoms. The van der Waals surface area contributed by atoms with Gasteiger partial charge in [0.2, 0.25) is 5.91 Å². The van der Waals surface area contributed by atoms with Gasteiger partial charge in [-0.25, -0.2) is 4.90 Å². The lowest BCUT2D eigenvalue weighted by Crippen LogP contribution is -2.28. The standard InChI is InChI=1S/C19H17NO4/c1-23-16-9-8-13(11-17(16)24-2)10-14-12-18(21)20(19(14)22)15-6-4-3-5-7-15/h3-11H,12H2,1-2H3/b14-10+. The van der Waals surface area contributed by atoms with E-state index in [1.54, 1.807) is 56.7 Å². The zero-order valence-corrected chi connectivity index (χ0v) is 13.5. The zero-order valence-electron chi connectivity index (χ0n) is 13.5. The van der Waals surface area contributed by atoms with Crippen LogP contribution in [0.3, 0.4) is 0 Å². The SMILES string of the molecule is COc1ccc(/C=C2\CC(=O)N(c3ccccc3)C2=O)cc1OC. The Balaban J connectivity index is 1.92. The summed E-state index contributed by atoms with van der Waals surface area (Å²) in [4.78, 5) is 26.0. The monoisotopic (exact) mass is 323 g/mol. The number of methoxy groups -OCH3 is 2. The Morgan fingerprint density at radius 1 is 0.958 bits per heavy atom. The van der Waals surface area contributed by atoms with Crippen molar-refractivity contribution in [3.63, 3.8) is 0 Å². The third-order valence-electron chi connectivity index (χ3n) is 3.83. The van der Waals surface area contributed by atoms with Crippen molar-refractivity contribution in [2.75, 3.05) is 19.1 Å². The van der Waals surface area contributed by atoms with Crippen LogP contribution in [-0.4, -0.2) is 26.0 Å². The number of anilines is 1. The summed E-state index contributed by atoms with van der Waals surface area (Å²) in [6, 6.07) is 14.3. The second kappa shape index (κ2) is 6.58. The minimum absolute atomic E-state index is 0.0854. The first-order valence-corrected chi connectivity index (χ1v) is 7.49. The molecular weight excluding hydrogens is 306 g/mol. The summed E-state index contributed by atoms with van der Waals surface area (Å²) in [5.41, 5.74) is 1.82. The highest BCUT2D eigenvalue weighted by Crippen LogP contribution is 2.31. The fourth-order valence-corrected chi connectivity index (χ4v) is 2.67. The average molecular weight is 323 g/mol. The molecule has 2 amide bonds. The van der Waals surface area contributed by atoms with Crippen LogP contribution in [0.15, 0.2) is 54.1 Å². The minimum Gasteiger partial charge on any atom is -0.493 e. The van der Waals surface area contributed by atoms with Crippen LogP contribution in [0.4, 0.5) is 5.69 Å². The Labute approximate surface area is 140 Å². The summed E-state index contributed by atoms with van der Waals surface area (Å²) in [5, 5.41) is 0. The van der Waals surface area contributed by atoms with Crippen LogP contribution in [0, 0.1) is 0 Å². The maximum absolute atomic E-state index is 12.6. The van der Waals surface area contributed by atoms with Crippen LogP contribution >= 0.6 is 0 Å². The van der Waals surface area contributed by atoms with E-state index in [1.807, 2.05) is 12.1 Å². The highest BCUT2D eigenvalue weighted by atomic mass is 16.5. The van der Waals surface area contributed by atoms with Gasteiger partial charge in [-0.2, -0.15) is 0 Å². The summed E-state index contributed by atoms with van der Waals surface area (Å²) < 4.78 is 10.5. The molecule has 1 heterocycles. The second-order valence-electron chi connectivity index (χ2n) is 5.33. The molecule has 0 aromatic heterocycles. The first-order valence-electron chi connectivity index (χ1n) is 7.49. The Morgan fingerprint density at radius 2 is 1.67 bits per heavy atom. The van der Waals surface area contributed by atoms with Crippen LogP contribution in [0.2, 0.25) is 0 Å².